The van der Waals surface area contributed by atoms with Gasteiger partial charge in [-0.15, -0.1) is 0 Å². The van der Waals surface area contributed by atoms with Gasteiger partial charge in [0.25, 0.3) is 0 Å². The van der Waals surface area contributed by atoms with Gasteiger partial charge in [0.1, 0.15) is 0 Å². The molecule has 2 aliphatic heterocycles. The minimum atomic E-state index is 0.107. The Hall–Kier alpha value is -1.65. The number of likely N-dealkylation sites (tertiary alicyclic amines) is 1. The number of hydrogen-bond donors (Lipinski definition) is 2. The van der Waals surface area contributed by atoms with Crippen LogP contribution < -0.4 is 5.32 Å². The smallest absolute Gasteiger partial charge is 0.228 e. The van der Waals surface area contributed by atoms with Crippen LogP contribution in [0.5, 0.6) is 0 Å². The minimum absolute atomic E-state index is 0.107. The summed E-state index contributed by atoms with van der Waals surface area (Å²) >= 11 is 0. The van der Waals surface area contributed by atoms with Crippen molar-refractivity contribution in [2.75, 3.05) is 26.2 Å². The number of aryl methyl sites for hydroxylation is 1. The zero-order valence-corrected chi connectivity index (χ0v) is 14.6. The van der Waals surface area contributed by atoms with Gasteiger partial charge < -0.3 is 15.3 Å². The van der Waals surface area contributed by atoms with Crippen molar-refractivity contribution in [1.82, 2.24) is 10.2 Å². The van der Waals surface area contributed by atoms with Crippen molar-refractivity contribution >= 4 is 5.91 Å². The number of benzene rings is 1. The summed E-state index contributed by atoms with van der Waals surface area (Å²) in [5, 5.41) is 12.1. The Morgan fingerprint density at radius 2 is 2.08 bits per heavy atom. The van der Waals surface area contributed by atoms with Gasteiger partial charge in [-0.05, 0) is 62.4 Å². The van der Waals surface area contributed by atoms with Crippen molar-refractivity contribution < 1.29 is 9.90 Å². The molecule has 0 aromatic heterocycles. The number of aliphatic hydroxyl groups excluding tert-OH is 1. The minimum Gasteiger partial charge on any atom is -0.396 e. The van der Waals surface area contributed by atoms with E-state index in [9.17, 15) is 4.79 Å². The fourth-order valence-corrected chi connectivity index (χ4v) is 3.89. The lowest BCUT2D eigenvalue weighted by Gasteiger charge is -2.33. The second-order valence-electron chi connectivity index (χ2n) is 6.99. The average molecular weight is 328 g/mol. The van der Waals surface area contributed by atoms with Crippen LogP contribution in [0, 0.1) is 12.8 Å². The van der Waals surface area contributed by atoms with E-state index in [0.29, 0.717) is 12.3 Å². The van der Waals surface area contributed by atoms with E-state index in [1.54, 1.807) is 0 Å². The Morgan fingerprint density at radius 1 is 1.29 bits per heavy atom. The number of nitrogens with one attached hydrogen (secondary N) is 1. The van der Waals surface area contributed by atoms with E-state index in [2.05, 4.69) is 35.3 Å². The maximum Gasteiger partial charge on any atom is 0.228 e. The van der Waals surface area contributed by atoms with Crippen molar-refractivity contribution in [1.29, 1.82) is 0 Å². The molecule has 24 heavy (non-hydrogen) atoms. The van der Waals surface area contributed by atoms with Gasteiger partial charge in [-0.2, -0.15) is 0 Å². The van der Waals surface area contributed by atoms with E-state index in [1.807, 2.05) is 6.07 Å². The fraction of sp³-hybridized carbons (Fsp3) is 0.550. The maximum atomic E-state index is 12.4. The monoisotopic (exact) mass is 328 g/mol. The lowest BCUT2D eigenvalue weighted by Crippen LogP contribution is -2.38. The number of allylic oxidation sites excluding steroid dienone is 2. The van der Waals surface area contributed by atoms with Gasteiger partial charge in [0, 0.05) is 24.8 Å². The van der Waals surface area contributed by atoms with E-state index < -0.39 is 0 Å². The first-order valence-corrected chi connectivity index (χ1v) is 9.08. The molecule has 1 aromatic rings. The summed E-state index contributed by atoms with van der Waals surface area (Å²) in [4.78, 5) is 14.8. The van der Waals surface area contributed by atoms with Gasteiger partial charge in [0.05, 0.1) is 6.42 Å². The third-order valence-corrected chi connectivity index (χ3v) is 5.33. The van der Waals surface area contributed by atoms with Crippen LogP contribution in [-0.4, -0.2) is 42.2 Å². The Bertz CT molecular complexity index is 616. The normalized spacial score (nSPS) is 22.1. The number of nitrogens with zero attached hydrogens (tertiary/aromatic N) is 1. The Balaban J connectivity index is 1.69. The highest BCUT2D eigenvalue weighted by Crippen LogP contribution is 2.26. The molecule has 0 radical (unpaired) electrons. The van der Waals surface area contributed by atoms with Crippen molar-refractivity contribution in [3.8, 4) is 0 Å². The van der Waals surface area contributed by atoms with E-state index >= 15 is 0 Å². The number of carbonyl (C=O) groups is 1. The van der Waals surface area contributed by atoms with Crippen LogP contribution >= 0.6 is 0 Å². The predicted molar refractivity (Wildman–Crippen MR) is 95.7 cm³/mol. The highest BCUT2D eigenvalue weighted by Gasteiger charge is 2.24. The Morgan fingerprint density at radius 3 is 2.83 bits per heavy atom. The lowest BCUT2D eigenvalue weighted by atomic mass is 9.89. The maximum absolute atomic E-state index is 12.4. The van der Waals surface area contributed by atoms with Crippen LogP contribution in [0.25, 0.3) is 0 Å². The molecule has 0 spiro atoms. The molecule has 2 aliphatic rings. The third-order valence-electron chi connectivity index (χ3n) is 5.33. The molecule has 1 saturated heterocycles. The van der Waals surface area contributed by atoms with Crippen molar-refractivity contribution in [3.05, 3.63) is 46.7 Å². The topological polar surface area (TPSA) is 52.6 Å². The molecule has 0 atom stereocenters. The summed E-state index contributed by atoms with van der Waals surface area (Å²) in [6.07, 6.45) is 6.62. The highest BCUT2D eigenvalue weighted by atomic mass is 16.3. The molecule has 0 aliphatic carbocycles. The summed E-state index contributed by atoms with van der Waals surface area (Å²) in [5.74, 6) is 0.556. The molecule has 2 N–H and O–H groups in total. The number of aliphatic hydroxyl groups is 1. The van der Waals surface area contributed by atoms with Gasteiger partial charge >= 0.3 is 0 Å². The van der Waals surface area contributed by atoms with Crippen LogP contribution in [0.4, 0.5) is 0 Å². The van der Waals surface area contributed by atoms with Gasteiger partial charge in [0.15, 0.2) is 0 Å². The number of fused-ring (bicyclic) bond motifs is 1. The summed E-state index contributed by atoms with van der Waals surface area (Å²) in [6, 6.07) is 6.24. The summed E-state index contributed by atoms with van der Waals surface area (Å²) in [5.41, 5.74) is 4.86. The van der Waals surface area contributed by atoms with E-state index in [0.717, 1.165) is 56.6 Å². The zero-order valence-electron chi connectivity index (χ0n) is 14.6. The van der Waals surface area contributed by atoms with Crippen LogP contribution in [0.3, 0.4) is 0 Å². The molecule has 4 nitrogen and oxygen atoms in total. The molecule has 1 amide bonds. The molecule has 0 saturated carbocycles. The van der Waals surface area contributed by atoms with Gasteiger partial charge in [-0.25, -0.2) is 0 Å². The molecule has 3 rings (SSSR count). The largest absolute Gasteiger partial charge is 0.396 e. The van der Waals surface area contributed by atoms with Crippen LogP contribution in [0.2, 0.25) is 0 Å². The first-order valence-electron chi connectivity index (χ1n) is 9.08. The number of piperidine rings is 1. The first kappa shape index (κ1) is 17.2. The highest BCUT2D eigenvalue weighted by molar-refractivity contribution is 5.81. The molecule has 1 aromatic carbocycles. The Kier molecular flexibility index (Phi) is 5.69. The van der Waals surface area contributed by atoms with E-state index in [-0.39, 0.29) is 12.5 Å². The van der Waals surface area contributed by atoms with Crippen LogP contribution in [0.15, 0.2) is 30.0 Å². The number of carbonyl (C=O) groups excluding carboxylic acids is 1. The van der Waals surface area contributed by atoms with Gasteiger partial charge in [0.2, 0.25) is 5.91 Å². The standard InChI is InChI=1S/C20H28N2O2/c1-15-4-2-5-17-14-20(24)21-19(7-6-18(15)17)16-8-11-22(12-9-16)10-3-13-23/h2,4-5,7,16,23H,3,6,8-14H2,1H3,(H,21,24)/b19-7-. The van der Waals surface area contributed by atoms with E-state index in [4.69, 9.17) is 5.11 Å². The summed E-state index contributed by atoms with van der Waals surface area (Å²) in [7, 11) is 0. The molecule has 130 valence electrons. The molecule has 0 unspecified atom stereocenters. The predicted octanol–water partition coefficient (Wildman–Crippen LogP) is 2.19. The summed E-state index contributed by atoms with van der Waals surface area (Å²) < 4.78 is 0. The average Bonchev–Trinajstić information content (AvgIpc) is 2.57. The van der Waals surface area contributed by atoms with Crippen molar-refractivity contribution in [3.63, 3.8) is 0 Å². The second kappa shape index (κ2) is 7.95. The number of rotatable bonds is 4. The van der Waals surface area contributed by atoms with E-state index in [1.165, 1.54) is 11.1 Å². The quantitative estimate of drug-likeness (QED) is 0.891. The molecule has 0 bridgehead atoms. The zero-order chi connectivity index (χ0) is 16.9. The van der Waals surface area contributed by atoms with Crippen LogP contribution in [0.1, 0.15) is 36.0 Å². The first-order chi connectivity index (χ1) is 11.7. The molecule has 1 fully saturated rings. The fourth-order valence-electron chi connectivity index (χ4n) is 3.89. The molecule has 4 heteroatoms. The Labute approximate surface area is 144 Å². The molecule has 2 heterocycles. The molecular formula is C20H28N2O2. The SMILES string of the molecule is Cc1cccc2c1C/C=C(/C1CCN(CCCO)CC1)NC(=O)C2. The lowest BCUT2D eigenvalue weighted by molar-refractivity contribution is -0.120. The summed E-state index contributed by atoms with van der Waals surface area (Å²) in [6.45, 7) is 5.47. The molecular weight excluding hydrogens is 300 g/mol. The van der Waals surface area contributed by atoms with Crippen molar-refractivity contribution in [2.24, 2.45) is 5.92 Å². The number of hydrogen-bond acceptors (Lipinski definition) is 3. The van der Waals surface area contributed by atoms with Crippen LogP contribution in [-0.2, 0) is 17.6 Å². The van der Waals surface area contributed by atoms with Gasteiger partial charge in [-0.1, -0.05) is 24.3 Å². The second-order valence-corrected chi connectivity index (χ2v) is 6.99. The number of amides is 1. The van der Waals surface area contributed by atoms with Gasteiger partial charge in [-0.3, -0.25) is 4.79 Å². The third kappa shape index (κ3) is 4.05. The van der Waals surface area contributed by atoms with Crippen molar-refractivity contribution in [2.45, 2.75) is 39.0 Å².